The van der Waals surface area contributed by atoms with Gasteiger partial charge in [-0.3, -0.25) is 0 Å². The Morgan fingerprint density at radius 2 is 1.53 bits per heavy atom. The Bertz CT molecular complexity index is 425. The fourth-order valence-corrected chi connectivity index (χ4v) is 0.842. The van der Waals surface area contributed by atoms with Gasteiger partial charge in [0.15, 0.2) is 0 Å². The monoisotopic (exact) mass is 251 g/mol. The van der Waals surface area contributed by atoms with E-state index < -0.39 is 0 Å². The van der Waals surface area contributed by atoms with E-state index in [1.165, 1.54) is 11.6 Å². The van der Waals surface area contributed by atoms with Crippen LogP contribution in [-0.2, 0) is 0 Å². The van der Waals surface area contributed by atoms with E-state index in [1.54, 1.807) is 18.2 Å². The summed E-state index contributed by atoms with van der Waals surface area (Å²) in [6.07, 6.45) is 12.6. The van der Waals surface area contributed by atoms with E-state index in [0.29, 0.717) is 0 Å². The molecule has 19 heavy (non-hydrogen) atoms. The number of rotatable bonds is 3. The van der Waals surface area contributed by atoms with Crippen LogP contribution in [0.25, 0.3) is 6.08 Å². The summed E-state index contributed by atoms with van der Waals surface area (Å²) in [6.45, 7) is 11.8. The zero-order valence-electron chi connectivity index (χ0n) is 11.5. The lowest BCUT2D eigenvalue weighted by atomic mass is 10.2. The van der Waals surface area contributed by atoms with Crippen molar-refractivity contribution in [2.75, 3.05) is 0 Å². The maximum Gasteiger partial charge on any atom is 0.0905 e. The normalized spacial score (nSPS) is 8.42. The van der Waals surface area contributed by atoms with E-state index in [1.807, 2.05) is 43.4 Å². The highest BCUT2D eigenvalue weighted by Crippen LogP contribution is 2.00. The van der Waals surface area contributed by atoms with Crippen LogP contribution < -0.4 is 0 Å². The minimum Gasteiger partial charge on any atom is -0.193 e. The third kappa shape index (κ3) is 18.0. The number of benzene rings is 1. The first-order valence-electron chi connectivity index (χ1n) is 5.85. The van der Waals surface area contributed by atoms with Crippen molar-refractivity contribution in [2.45, 2.75) is 6.92 Å². The summed E-state index contributed by atoms with van der Waals surface area (Å²) < 4.78 is 0. The van der Waals surface area contributed by atoms with Crippen LogP contribution in [0.15, 0.2) is 86.5 Å². The van der Waals surface area contributed by atoms with Crippen LogP contribution in [0.1, 0.15) is 12.5 Å². The summed E-state index contributed by atoms with van der Waals surface area (Å²) >= 11 is 0. The molecule has 1 nitrogen and oxygen atoms in total. The molecule has 0 heterocycles. The van der Waals surface area contributed by atoms with Crippen LogP contribution in [0.3, 0.4) is 0 Å². The Morgan fingerprint density at radius 1 is 1.00 bits per heavy atom. The summed E-state index contributed by atoms with van der Waals surface area (Å²) in [6, 6.07) is 12.0. The molecule has 1 aromatic carbocycles. The number of hydrogen-bond acceptors (Lipinski definition) is 1. The van der Waals surface area contributed by atoms with Crippen LogP contribution in [0.5, 0.6) is 0 Å². The van der Waals surface area contributed by atoms with Crippen LogP contribution in [0.2, 0.25) is 0 Å². The second kappa shape index (κ2) is 17.8. The molecule has 0 saturated carbocycles. The highest BCUT2D eigenvalue weighted by molar-refractivity contribution is 5.50. The molecular weight excluding hydrogens is 230 g/mol. The summed E-state index contributed by atoms with van der Waals surface area (Å²) in [4.78, 5) is 0. The Balaban J connectivity index is 0. The minimum atomic E-state index is 1.18. The first-order valence-corrected chi connectivity index (χ1v) is 5.85. The van der Waals surface area contributed by atoms with Gasteiger partial charge in [-0.25, -0.2) is 0 Å². The Hall–Kier alpha value is -2.59. The molecule has 0 amide bonds. The van der Waals surface area contributed by atoms with E-state index >= 15 is 0 Å². The molecule has 0 saturated heterocycles. The number of hydrogen-bond donors (Lipinski definition) is 0. The van der Waals surface area contributed by atoms with E-state index in [9.17, 15) is 0 Å². The van der Waals surface area contributed by atoms with Gasteiger partial charge in [0.25, 0.3) is 0 Å². The maximum atomic E-state index is 7.51. The van der Waals surface area contributed by atoms with E-state index in [4.69, 9.17) is 5.26 Å². The van der Waals surface area contributed by atoms with Gasteiger partial charge in [0.05, 0.1) is 6.07 Å². The number of nitriles is 1. The molecule has 98 valence electrons. The highest BCUT2D eigenvalue weighted by atomic mass is 14.2. The van der Waals surface area contributed by atoms with Gasteiger partial charge < -0.3 is 0 Å². The van der Waals surface area contributed by atoms with E-state index in [0.717, 1.165) is 0 Å². The molecule has 0 fully saturated rings. The Morgan fingerprint density at radius 3 is 1.89 bits per heavy atom. The molecule has 0 N–H and O–H groups in total. The smallest absolute Gasteiger partial charge is 0.0905 e. The Kier molecular flexibility index (Phi) is 17.6. The number of nitrogens with zero attached hydrogens (tertiary/aromatic N) is 1. The van der Waals surface area contributed by atoms with Crippen LogP contribution >= 0.6 is 0 Å². The minimum absolute atomic E-state index is 1.18. The second-order valence-electron chi connectivity index (χ2n) is 3.10. The highest BCUT2D eigenvalue weighted by Gasteiger charge is 1.78. The molecule has 1 heteroatoms. The van der Waals surface area contributed by atoms with Gasteiger partial charge in [0.1, 0.15) is 0 Å². The van der Waals surface area contributed by atoms with Crippen molar-refractivity contribution in [1.29, 1.82) is 5.26 Å². The van der Waals surface area contributed by atoms with Crippen molar-refractivity contribution in [3.8, 4) is 6.07 Å². The first-order chi connectivity index (χ1) is 9.26. The topological polar surface area (TPSA) is 23.8 Å². The van der Waals surface area contributed by atoms with E-state index in [-0.39, 0.29) is 0 Å². The lowest BCUT2D eigenvalue weighted by Crippen LogP contribution is -1.66. The molecule has 0 radical (unpaired) electrons. The molecule has 0 bridgehead atoms. The Labute approximate surface area is 117 Å². The van der Waals surface area contributed by atoms with Gasteiger partial charge in [0.2, 0.25) is 0 Å². The van der Waals surface area contributed by atoms with Crippen LogP contribution in [0.4, 0.5) is 0 Å². The van der Waals surface area contributed by atoms with Crippen molar-refractivity contribution in [2.24, 2.45) is 0 Å². The SMILES string of the molecule is C=CC#N.C=CC=C.CC=CC=Cc1ccccc1. The van der Waals surface area contributed by atoms with Crippen molar-refractivity contribution < 1.29 is 0 Å². The van der Waals surface area contributed by atoms with Crippen LogP contribution in [0, 0.1) is 11.3 Å². The van der Waals surface area contributed by atoms with Gasteiger partial charge in [-0.2, -0.15) is 5.26 Å². The molecule has 0 spiro atoms. The van der Waals surface area contributed by atoms with Crippen molar-refractivity contribution in [3.05, 3.63) is 92.1 Å². The molecule has 0 aliphatic heterocycles. The quantitative estimate of drug-likeness (QED) is 0.526. The maximum absolute atomic E-state index is 7.51. The summed E-state index contributed by atoms with van der Waals surface area (Å²) in [7, 11) is 0. The molecule has 0 aromatic heterocycles. The van der Waals surface area contributed by atoms with Crippen LogP contribution in [-0.4, -0.2) is 0 Å². The van der Waals surface area contributed by atoms with Gasteiger partial charge in [-0.1, -0.05) is 86.5 Å². The predicted molar refractivity (Wildman–Crippen MR) is 86.5 cm³/mol. The standard InChI is InChI=1S/C11H12.C4H6.C3H3N/c1-2-3-5-8-11-9-6-4-7-10-11;1-3-4-2;1-2-3-4/h2-10H,1H3;3-4H,1-2H2;2H,1H2. The molecule has 0 atom stereocenters. The molecule has 0 unspecified atom stereocenters. The fraction of sp³-hybridized carbons (Fsp3) is 0.0556. The summed E-state index contributed by atoms with van der Waals surface area (Å²) in [5, 5.41) is 7.51. The molecular formula is C18H21N. The lowest BCUT2D eigenvalue weighted by molar-refractivity contribution is 1.54. The molecule has 0 aliphatic rings. The average Bonchev–Trinajstić information content (AvgIpc) is 2.49. The van der Waals surface area contributed by atoms with E-state index in [2.05, 4.69) is 37.9 Å². The molecule has 1 rings (SSSR count). The van der Waals surface area contributed by atoms with Gasteiger partial charge in [-0.05, 0) is 12.5 Å². The zero-order chi connectivity index (χ0) is 14.8. The van der Waals surface area contributed by atoms with Crippen molar-refractivity contribution in [3.63, 3.8) is 0 Å². The zero-order valence-corrected chi connectivity index (χ0v) is 11.5. The lowest BCUT2D eigenvalue weighted by Gasteiger charge is -1.87. The fourth-order valence-electron chi connectivity index (χ4n) is 0.842. The molecule has 1 aromatic rings. The average molecular weight is 251 g/mol. The summed E-state index contributed by atoms with van der Waals surface area (Å²) in [5.41, 5.74) is 1.24. The van der Waals surface area contributed by atoms with Crippen molar-refractivity contribution >= 4 is 6.08 Å². The predicted octanol–water partition coefficient (Wildman–Crippen LogP) is 5.33. The third-order valence-electron chi connectivity index (χ3n) is 1.65. The first kappa shape index (κ1) is 18.8. The van der Waals surface area contributed by atoms with Crippen molar-refractivity contribution in [1.82, 2.24) is 0 Å². The number of allylic oxidation sites excluding steroid dienone is 6. The van der Waals surface area contributed by atoms with Gasteiger partial charge in [0, 0.05) is 6.08 Å². The second-order valence-corrected chi connectivity index (χ2v) is 3.10. The largest absolute Gasteiger partial charge is 0.193 e. The van der Waals surface area contributed by atoms with Gasteiger partial charge in [-0.15, -0.1) is 0 Å². The molecule has 0 aliphatic carbocycles. The van der Waals surface area contributed by atoms with Gasteiger partial charge >= 0.3 is 0 Å². The third-order valence-corrected chi connectivity index (χ3v) is 1.65. The summed E-state index contributed by atoms with van der Waals surface area (Å²) in [5.74, 6) is 0.